The number of aliphatic carboxylic acids is 1. The molecule has 0 aliphatic carbocycles. The van der Waals surface area contributed by atoms with Crippen LogP contribution in [0.4, 0.5) is 17.6 Å². The molecule has 0 saturated heterocycles. The third-order valence-electron chi connectivity index (χ3n) is 5.98. The zero-order valence-corrected chi connectivity index (χ0v) is 18.5. The van der Waals surface area contributed by atoms with Gasteiger partial charge in [0, 0.05) is 22.7 Å². The van der Waals surface area contributed by atoms with Crippen molar-refractivity contribution in [1.29, 1.82) is 0 Å². The molecular formula is C24H23F4NO4. The number of halogens is 4. The van der Waals surface area contributed by atoms with E-state index in [1.54, 1.807) is 13.8 Å². The Kier molecular flexibility index (Phi) is 6.53. The summed E-state index contributed by atoms with van der Waals surface area (Å²) in [5.41, 5.74) is -0.241. The molecule has 1 unspecified atom stereocenters. The van der Waals surface area contributed by atoms with Crippen LogP contribution in [0.2, 0.25) is 0 Å². The highest BCUT2D eigenvalue weighted by atomic mass is 19.4. The maximum Gasteiger partial charge on any atom is 0.416 e. The number of carboxylic acid groups (broad SMARTS) is 1. The van der Waals surface area contributed by atoms with Crippen LogP contribution in [0.1, 0.15) is 53.4 Å². The number of carboxylic acids is 1. The Balaban J connectivity index is 2.30. The van der Waals surface area contributed by atoms with Gasteiger partial charge in [-0.3, -0.25) is 14.2 Å². The molecule has 1 aromatic heterocycles. The number of carbonyl (C=O) groups is 2. The number of hydrogen-bond donors (Lipinski definition) is 1. The number of nitrogens with zero attached hydrogens (tertiary/aromatic N) is 1. The van der Waals surface area contributed by atoms with Gasteiger partial charge in [0.1, 0.15) is 0 Å². The molecule has 0 spiro atoms. The molecule has 0 fully saturated rings. The van der Waals surface area contributed by atoms with E-state index in [4.69, 9.17) is 4.74 Å². The van der Waals surface area contributed by atoms with Gasteiger partial charge < -0.3 is 9.84 Å². The summed E-state index contributed by atoms with van der Waals surface area (Å²) in [6.07, 6.45) is -4.02. The molecule has 9 heteroatoms. The highest BCUT2D eigenvalue weighted by Gasteiger charge is 2.34. The van der Waals surface area contributed by atoms with Gasteiger partial charge in [-0.1, -0.05) is 20.3 Å². The number of aromatic nitrogens is 1. The summed E-state index contributed by atoms with van der Waals surface area (Å²) in [6.45, 7) is 5.14. The van der Waals surface area contributed by atoms with E-state index in [-0.39, 0.29) is 28.4 Å². The van der Waals surface area contributed by atoms with E-state index < -0.39 is 35.4 Å². The van der Waals surface area contributed by atoms with Crippen LogP contribution in [0.25, 0.3) is 10.9 Å². The molecule has 5 nitrogen and oxygen atoms in total. The van der Waals surface area contributed by atoms with Crippen LogP contribution in [0.5, 0.6) is 5.75 Å². The van der Waals surface area contributed by atoms with E-state index >= 15 is 0 Å². The van der Waals surface area contributed by atoms with Crippen molar-refractivity contribution in [1.82, 2.24) is 4.57 Å². The number of ether oxygens (including phenoxy) is 1. The number of methoxy groups -OCH3 is 1. The van der Waals surface area contributed by atoms with Crippen LogP contribution >= 0.6 is 0 Å². The fourth-order valence-electron chi connectivity index (χ4n) is 4.07. The van der Waals surface area contributed by atoms with Crippen molar-refractivity contribution in [2.24, 2.45) is 5.92 Å². The average molecular weight is 465 g/mol. The van der Waals surface area contributed by atoms with Crippen molar-refractivity contribution in [3.05, 3.63) is 64.6 Å². The minimum atomic E-state index is -4.56. The third-order valence-corrected chi connectivity index (χ3v) is 5.98. The number of alkyl halides is 3. The van der Waals surface area contributed by atoms with Gasteiger partial charge in [0.25, 0.3) is 5.91 Å². The minimum Gasteiger partial charge on any atom is -0.494 e. The summed E-state index contributed by atoms with van der Waals surface area (Å²) in [5.74, 6) is -3.97. The zero-order valence-electron chi connectivity index (χ0n) is 18.5. The van der Waals surface area contributed by atoms with Gasteiger partial charge in [0.05, 0.1) is 24.1 Å². The normalized spacial score (nSPS) is 13.7. The highest BCUT2D eigenvalue weighted by molar-refractivity contribution is 6.05. The van der Waals surface area contributed by atoms with E-state index in [1.807, 2.05) is 6.92 Å². The number of hydrogen-bond acceptors (Lipinski definition) is 3. The standard InChI is InChI=1S/C24H23F4NO4/c1-5-12(2)20(23(31)32)21-13(3)29(18-11-17(25)19(33-4)10-16(18)21)22(30)14-6-8-15(9-7-14)24(26,27)28/h6-12,20H,5H2,1-4H3,(H,31,32)/t12-,20?/m0/s1. The SMILES string of the molecule is CC[C@H](C)C(C(=O)O)c1c(C)n(C(=O)c2ccc(C(F)(F)F)cc2)c2cc(F)c(OC)cc12. The lowest BCUT2D eigenvalue weighted by atomic mass is 9.84. The second kappa shape index (κ2) is 8.88. The van der Waals surface area contributed by atoms with Crippen molar-refractivity contribution >= 4 is 22.8 Å². The van der Waals surface area contributed by atoms with Gasteiger partial charge >= 0.3 is 12.1 Å². The Labute approximate surface area is 187 Å². The Morgan fingerprint density at radius 2 is 1.76 bits per heavy atom. The first kappa shape index (κ1) is 24.3. The van der Waals surface area contributed by atoms with E-state index in [1.165, 1.54) is 13.2 Å². The van der Waals surface area contributed by atoms with Crippen LogP contribution in [0.15, 0.2) is 36.4 Å². The maximum atomic E-state index is 14.6. The molecule has 0 amide bonds. The molecule has 0 bridgehead atoms. The van der Waals surface area contributed by atoms with Crippen LogP contribution < -0.4 is 4.74 Å². The molecule has 2 atom stereocenters. The first-order valence-corrected chi connectivity index (χ1v) is 10.3. The molecule has 176 valence electrons. The predicted molar refractivity (Wildman–Crippen MR) is 114 cm³/mol. The molecule has 0 radical (unpaired) electrons. The Morgan fingerprint density at radius 1 is 1.15 bits per heavy atom. The topological polar surface area (TPSA) is 68.5 Å². The minimum absolute atomic E-state index is 0.0545. The number of fused-ring (bicyclic) bond motifs is 1. The summed E-state index contributed by atoms with van der Waals surface area (Å²) in [4.78, 5) is 25.5. The highest BCUT2D eigenvalue weighted by Crippen LogP contribution is 2.40. The maximum absolute atomic E-state index is 14.6. The molecule has 0 aliphatic heterocycles. The molecule has 3 aromatic rings. The second-order valence-corrected chi connectivity index (χ2v) is 7.92. The summed E-state index contributed by atoms with van der Waals surface area (Å²) < 4.78 is 59.5. The molecule has 0 aliphatic rings. The first-order valence-electron chi connectivity index (χ1n) is 10.3. The summed E-state index contributed by atoms with van der Waals surface area (Å²) >= 11 is 0. The van der Waals surface area contributed by atoms with Crippen molar-refractivity contribution in [2.45, 2.75) is 39.3 Å². The van der Waals surface area contributed by atoms with Crippen molar-refractivity contribution in [2.75, 3.05) is 7.11 Å². The van der Waals surface area contributed by atoms with Crippen LogP contribution in [-0.2, 0) is 11.0 Å². The first-order chi connectivity index (χ1) is 15.4. The lowest BCUT2D eigenvalue weighted by molar-refractivity contribution is -0.140. The molecule has 3 rings (SSSR count). The fourth-order valence-corrected chi connectivity index (χ4v) is 4.07. The Morgan fingerprint density at radius 3 is 2.24 bits per heavy atom. The van der Waals surface area contributed by atoms with Gasteiger partial charge in [-0.15, -0.1) is 0 Å². The largest absolute Gasteiger partial charge is 0.494 e. The monoisotopic (exact) mass is 465 g/mol. The third kappa shape index (κ3) is 4.31. The molecule has 0 saturated carbocycles. The lowest BCUT2D eigenvalue weighted by Gasteiger charge is -2.20. The molecule has 1 heterocycles. The zero-order chi connectivity index (χ0) is 24.7. The molecule has 2 aromatic carbocycles. The van der Waals surface area contributed by atoms with Crippen molar-refractivity contribution < 1.29 is 37.0 Å². The average Bonchev–Trinajstić information content (AvgIpc) is 3.02. The van der Waals surface area contributed by atoms with Gasteiger partial charge in [0.2, 0.25) is 0 Å². The quantitative estimate of drug-likeness (QED) is 0.452. The Hall–Kier alpha value is -3.36. The van der Waals surface area contributed by atoms with E-state index in [2.05, 4.69) is 0 Å². The molecular weight excluding hydrogens is 442 g/mol. The number of carbonyl (C=O) groups excluding carboxylic acids is 1. The van der Waals surface area contributed by atoms with Crippen LogP contribution in [-0.4, -0.2) is 28.7 Å². The smallest absolute Gasteiger partial charge is 0.416 e. The molecule has 1 N–H and O–H groups in total. The van der Waals surface area contributed by atoms with E-state index in [0.29, 0.717) is 17.4 Å². The van der Waals surface area contributed by atoms with Crippen molar-refractivity contribution in [3.63, 3.8) is 0 Å². The van der Waals surface area contributed by atoms with Gasteiger partial charge in [0.15, 0.2) is 11.6 Å². The Bertz CT molecular complexity index is 1210. The predicted octanol–water partition coefficient (Wildman–Crippen LogP) is 6.02. The van der Waals surface area contributed by atoms with E-state index in [9.17, 15) is 32.3 Å². The summed E-state index contributed by atoms with van der Waals surface area (Å²) in [5, 5.41) is 10.3. The lowest BCUT2D eigenvalue weighted by Crippen LogP contribution is -2.21. The molecule has 33 heavy (non-hydrogen) atoms. The van der Waals surface area contributed by atoms with E-state index in [0.717, 1.165) is 34.9 Å². The van der Waals surface area contributed by atoms with Gasteiger partial charge in [-0.25, -0.2) is 4.39 Å². The van der Waals surface area contributed by atoms with Crippen LogP contribution in [0.3, 0.4) is 0 Å². The van der Waals surface area contributed by atoms with Gasteiger partial charge in [-0.2, -0.15) is 13.2 Å². The van der Waals surface area contributed by atoms with Crippen molar-refractivity contribution in [3.8, 4) is 5.75 Å². The number of benzene rings is 2. The second-order valence-electron chi connectivity index (χ2n) is 7.92. The van der Waals surface area contributed by atoms with Crippen LogP contribution in [0, 0.1) is 18.7 Å². The van der Waals surface area contributed by atoms with Gasteiger partial charge in [-0.05, 0) is 48.7 Å². The fraction of sp³-hybridized carbons (Fsp3) is 0.333. The number of rotatable bonds is 6. The summed E-state index contributed by atoms with van der Waals surface area (Å²) in [6, 6.07) is 6.08. The summed E-state index contributed by atoms with van der Waals surface area (Å²) in [7, 11) is 1.27.